The number of carbonyl (C=O) groups is 2. The van der Waals surface area contributed by atoms with Crippen LogP contribution in [-0.2, 0) is 13.0 Å². The highest BCUT2D eigenvalue weighted by atomic mass is 16.3. The minimum Gasteiger partial charge on any atom is -0.393 e. The summed E-state index contributed by atoms with van der Waals surface area (Å²) in [7, 11) is 3.89. The van der Waals surface area contributed by atoms with Gasteiger partial charge >= 0.3 is 0 Å². The highest BCUT2D eigenvalue weighted by Gasteiger charge is 2.36. The van der Waals surface area contributed by atoms with E-state index in [0.29, 0.717) is 29.8 Å². The van der Waals surface area contributed by atoms with E-state index >= 15 is 0 Å². The summed E-state index contributed by atoms with van der Waals surface area (Å²) in [6.45, 7) is 4.53. The number of carbonyl (C=O) groups excluding carboxylic acids is 2. The average Bonchev–Trinajstić information content (AvgIpc) is 3.05. The first-order valence-corrected chi connectivity index (χ1v) is 11.5. The zero-order valence-electron chi connectivity index (χ0n) is 19.8. The first-order valence-electron chi connectivity index (χ1n) is 11.5. The molecule has 0 radical (unpaired) electrons. The summed E-state index contributed by atoms with van der Waals surface area (Å²) < 4.78 is 1.83. The van der Waals surface area contributed by atoms with E-state index in [9.17, 15) is 14.7 Å². The standard InChI is InChI=1S/C24H34N6O3/c1-24(2)12-20-21(23(33)27-24)19(13-29(3)4)28-30(20)15-7-10-17(22(25)32)18(11-15)26-14-5-8-16(31)9-6-14/h7,10-11,14,16,26,31H,5-6,8-9,12-13H2,1-4H3,(H2,25,32)(H,27,33). The van der Waals surface area contributed by atoms with Gasteiger partial charge < -0.3 is 26.4 Å². The zero-order chi connectivity index (χ0) is 23.9. The van der Waals surface area contributed by atoms with E-state index in [2.05, 4.69) is 10.6 Å². The lowest BCUT2D eigenvalue weighted by molar-refractivity contribution is 0.0893. The summed E-state index contributed by atoms with van der Waals surface area (Å²) in [4.78, 5) is 27.1. The maximum Gasteiger partial charge on any atom is 0.255 e. The van der Waals surface area contributed by atoms with E-state index in [1.807, 2.05) is 49.7 Å². The maximum atomic E-state index is 13.0. The molecule has 2 heterocycles. The molecule has 1 aliphatic heterocycles. The molecule has 1 aliphatic carbocycles. The number of fused-ring (bicyclic) bond motifs is 1. The van der Waals surface area contributed by atoms with Gasteiger partial charge in [-0.2, -0.15) is 5.10 Å². The molecule has 9 heteroatoms. The molecule has 0 spiro atoms. The fourth-order valence-corrected chi connectivity index (χ4v) is 4.82. The van der Waals surface area contributed by atoms with Crippen molar-refractivity contribution in [2.75, 3.05) is 19.4 Å². The zero-order valence-corrected chi connectivity index (χ0v) is 19.8. The predicted octanol–water partition coefficient (Wildman–Crippen LogP) is 1.81. The molecule has 4 rings (SSSR count). The van der Waals surface area contributed by atoms with Crippen molar-refractivity contribution in [1.29, 1.82) is 0 Å². The smallest absolute Gasteiger partial charge is 0.255 e. The monoisotopic (exact) mass is 454 g/mol. The Morgan fingerprint density at radius 1 is 1.30 bits per heavy atom. The van der Waals surface area contributed by atoms with Crippen LogP contribution in [-0.4, -0.2) is 63.4 Å². The van der Waals surface area contributed by atoms with Gasteiger partial charge in [-0.05, 0) is 71.8 Å². The fraction of sp³-hybridized carbons (Fsp3) is 0.542. The van der Waals surface area contributed by atoms with E-state index in [1.54, 1.807) is 6.07 Å². The molecule has 0 bridgehead atoms. The molecule has 1 aromatic heterocycles. The molecule has 1 aromatic carbocycles. The van der Waals surface area contributed by atoms with Crippen LogP contribution in [0.1, 0.15) is 71.6 Å². The van der Waals surface area contributed by atoms with E-state index in [4.69, 9.17) is 10.8 Å². The summed E-state index contributed by atoms with van der Waals surface area (Å²) in [5.41, 5.74) is 9.30. The molecule has 0 unspecified atom stereocenters. The average molecular weight is 455 g/mol. The van der Waals surface area contributed by atoms with Gasteiger partial charge in [-0.25, -0.2) is 4.68 Å². The van der Waals surface area contributed by atoms with Gasteiger partial charge in [0.2, 0.25) is 0 Å². The van der Waals surface area contributed by atoms with Crippen LogP contribution in [0.4, 0.5) is 5.69 Å². The number of aromatic nitrogens is 2. The summed E-state index contributed by atoms with van der Waals surface area (Å²) >= 11 is 0. The Balaban J connectivity index is 1.77. The molecule has 1 fully saturated rings. The molecular formula is C24H34N6O3. The number of hydrogen-bond acceptors (Lipinski definition) is 6. The number of primary amides is 1. The van der Waals surface area contributed by atoms with E-state index in [1.165, 1.54) is 0 Å². The minimum atomic E-state index is -0.504. The van der Waals surface area contributed by atoms with Gasteiger partial charge in [0.05, 0.1) is 34.3 Å². The summed E-state index contributed by atoms with van der Waals surface area (Å²) in [5, 5.41) is 21.2. The second-order valence-corrected chi connectivity index (χ2v) is 10.2. The molecule has 9 nitrogen and oxygen atoms in total. The van der Waals surface area contributed by atoms with Crippen molar-refractivity contribution in [2.24, 2.45) is 5.73 Å². The highest BCUT2D eigenvalue weighted by molar-refractivity contribution is 5.99. The molecule has 2 aromatic rings. The third-order valence-electron chi connectivity index (χ3n) is 6.38. The van der Waals surface area contributed by atoms with Crippen molar-refractivity contribution in [3.05, 3.63) is 40.7 Å². The lowest BCUT2D eigenvalue weighted by Crippen LogP contribution is -2.49. The quantitative estimate of drug-likeness (QED) is 0.528. The molecular weight excluding hydrogens is 420 g/mol. The molecule has 0 atom stereocenters. The Labute approximate surface area is 194 Å². The first-order chi connectivity index (χ1) is 15.5. The number of nitrogens with zero attached hydrogens (tertiary/aromatic N) is 3. The Morgan fingerprint density at radius 3 is 2.64 bits per heavy atom. The van der Waals surface area contributed by atoms with Gasteiger partial charge in [0.15, 0.2) is 0 Å². The number of hydrogen-bond donors (Lipinski definition) is 4. The van der Waals surface area contributed by atoms with Gasteiger partial charge in [0, 0.05) is 30.2 Å². The SMILES string of the molecule is CN(C)Cc1nn(-c2ccc(C(N)=O)c(NC3CCC(O)CC3)c2)c2c1C(=O)NC(C)(C)C2. The van der Waals surface area contributed by atoms with Gasteiger partial charge in [0.1, 0.15) is 0 Å². The molecule has 178 valence electrons. The minimum absolute atomic E-state index is 0.114. The van der Waals surface area contributed by atoms with Crippen LogP contribution in [0.15, 0.2) is 18.2 Å². The highest BCUT2D eigenvalue weighted by Crippen LogP contribution is 2.31. The molecule has 1 saturated carbocycles. The molecule has 2 aliphatic rings. The maximum absolute atomic E-state index is 13.0. The number of aliphatic hydroxyl groups excluding tert-OH is 1. The number of nitrogens with one attached hydrogen (secondary N) is 2. The Morgan fingerprint density at radius 2 is 2.00 bits per heavy atom. The predicted molar refractivity (Wildman–Crippen MR) is 127 cm³/mol. The molecule has 0 saturated heterocycles. The van der Waals surface area contributed by atoms with E-state index in [-0.39, 0.29) is 18.1 Å². The van der Waals surface area contributed by atoms with Crippen molar-refractivity contribution in [1.82, 2.24) is 20.0 Å². The fourth-order valence-electron chi connectivity index (χ4n) is 4.82. The van der Waals surface area contributed by atoms with Crippen LogP contribution >= 0.6 is 0 Å². The normalized spacial score (nSPS) is 22.1. The van der Waals surface area contributed by atoms with Gasteiger partial charge in [-0.1, -0.05) is 0 Å². The topological polar surface area (TPSA) is 126 Å². The third kappa shape index (κ3) is 4.89. The Hall–Kier alpha value is -2.91. The molecule has 2 amide bonds. The van der Waals surface area contributed by atoms with Gasteiger partial charge in [0.25, 0.3) is 11.8 Å². The lowest BCUT2D eigenvalue weighted by atomic mass is 9.90. The van der Waals surface area contributed by atoms with E-state index < -0.39 is 11.4 Å². The lowest BCUT2D eigenvalue weighted by Gasteiger charge is -2.31. The number of nitrogens with two attached hydrogens (primary N) is 1. The van der Waals surface area contributed by atoms with Crippen molar-refractivity contribution < 1.29 is 14.7 Å². The number of aliphatic hydroxyl groups is 1. The molecule has 33 heavy (non-hydrogen) atoms. The van der Waals surface area contributed by atoms with Crippen LogP contribution in [0.2, 0.25) is 0 Å². The van der Waals surface area contributed by atoms with Crippen molar-refractivity contribution in [3.8, 4) is 5.69 Å². The first kappa shape index (κ1) is 23.3. The van der Waals surface area contributed by atoms with Crippen LogP contribution < -0.4 is 16.4 Å². The number of amides is 2. The van der Waals surface area contributed by atoms with Crippen LogP contribution in [0.25, 0.3) is 5.69 Å². The number of benzene rings is 1. The number of anilines is 1. The third-order valence-corrected chi connectivity index (χ3v) is 6.38. The van der Waals surface area contributed by atoms with Crippen molar-refractivity contribution in [2.45, 2.75) is 70.2 Å². The largest absolute Gasteiger partial charge is 0.393 e. The van der Waals surface area contributed by atoms with Gasteiger partial charge in [-0.15, -0.1) is 0 Å². The second-order valence-electron chi connectivity index (χ2n) is 10.2. The van der Waals surface area contributed by atoms with Crippen molar-refractivity contribution >= 4 is 17.5 Å². The Kier molecular flexibility index (Phi) is 6.20. The van der Waals surface area contributed by atoms with Crippen LogP contribution in [0.3, 0.4) is 0 Å². The summed E-state index contributed by atoms with van der Waals surface area (Å²) in [6, 6.07) is 5.58. The van der Waals surface area contributed by atoms with Crippen LogP contribution in [0.5, 0.6) is 0 Å². The van der Waals surface area contributed by atoms with Crippen molar-refractivity contribution in [3.63, 3.8) is 0 Å². The Bertz CT molecular complexity index is 1070. The molecule has 5 N–H and O–H groups in total. The van der Waals surface area contributed by atoms with Crippen LogP contribution in [0, 0.1) is 0 Å². The second kappa shape index (κ2) is 8.79. The summed E-state index contributed by atoms with van der Waals surface area (Å²) in [6.07, 6.45) is 3.48. The summed E-state index contributed by atoms with van der Waals surface area (Å²) in [5.74, 6) is -0.617. The van der Waals surface area contributed by atoms with E-state index in [0.717, 1.165) is 42.8 Å². The van der Waals surface area contributed by atoms with Gasteiger partial charge in [-0.3, -0.25) is 9.59 Å². The number of rotatable bonds is 6.